The Morgan fingerprint density at radius 1 is 1.20 bits per heavy atom. The van der Waals surface area contributed by atoms with Crippen molar-refractivity contribution in [2.75, 3.05) is 25.4 Å². The number of carbonyl (C=O) groups excluding carboxylic acids is 1. The van der Waals surface area contributed by atoms with Crippen LogP contribution >= 0.6 is 35.7 Å². The number of halogens is 2. The number of thioether (sulfide) groups is 1. The first-order valence-electron chi connectivity index (χ1n) is 8.01. The van der Waals surface area contributed by atoms with Crippen LogP contribution < -0.4 is 16.0 Å². The van der Waals surface area contributed by atoms with Crippen molar-refractivity contribution < 1.29 is 9.18 Å². The standard InChI is InChI=1S/C17H27FN4OS.HI/c1-5-19-16(21-12-15(23)22-17(2,3)4)20-10-11-24-14-8-6-13(18)7-9-14;/h6-9H,5,10-12H2,1-4H3,(H,22,23)(H2,19,20,21);1H. The van der Waals surface area contributed by atoms with E-state index in [1.54, 1.807) is 23.9 Å². The van der Waals surface area contributed by atoms with Gasteiger partial charge in [-0.05, 0) is 52.0 Å². The molecule has 1 rings (SSSR count). The predicted octanol–water partition coefficient (Wildman–Crippen LogP) is 3.01. The van der Waals surface area contributed by atoms with Crippen LogP contribution in [0.25, 0.3) is 0 Å². The fraction of sp³-hybridized carbons (Fsp3) is 0.529. The SMILES string of the molecule is CCNC(=NCC(=O)NC(C)(C)C)NCCSc1ccc(F)cc1.I. The molecule has 0 aliphatic heterocycles. The summed E-state index contributed by atoms with van der Waals surface area (Å²) in [6.45, 7) is 9.27. The number of nitrogens with zero attached hydrogens (tertiary/aromatic N) is 1. The predicted molar refractivity (Wildman–Crippen MR) is 114 cm³/mol. The summed E-state index contributed by atoms with van der Waals surface area (Å²) >= 11 is 1.63. The van der Waals surface area contributed by atoms with Gasteiger partial charge in [0.15, 0.2) is 5.96 Å². The van der Waals surface area contributed by atoms with Crippen LogP contribution in [0.1, 0.15) is 27.7 Å². The molecule has 0 aliphatic carbocycles. The fourth-order valence-corrected chi connectivity index (χ4v) is 2.59. The van der Waals surface area contributed by atoms with E-state index in [-0.39, 0.29) is 47.8 Å². The molecule has 0 unspecified atom stereocenters. The van der Waals surface area contributed by atoms with Crippen molar-refractivity contribution in [1.29, 1.82) is 0 Å². The number of hydrogen-bond donors (Lipinski definition) is 3. The van der Waals surface area contributed by atoms with Gasteiger partial charge < -0.3 is 16.0 Å². The first-order valence-corrected chi connectivity index (χ1v) is 9.00. The minimum atomic E-state index is -0.260. The minimum Gasteiger partial charge on any atom is -0.357 e. The Balaban J connectivity index is 0.00000576. The van der Waals surface area contributed by atoms with Crippen LogP contribution in [0.3, 0.4) is 0 Å². The number of carbonyl (C=O) groups is 1. The Labute approximate surface area is 171 Å². The van der Waals surface area contributed by atoms with Gasteiger partial charge in [0.2, 0.25) is 5.91 Å². The highest BCUT2D eigenvalue weighted by atomic mass is 127. The minimum absolute atomic E-state index is 0. The Morgan fingerprint density at radius 3 is 2.40 bits per heavy atom. The molecule has 0 radical (unpaired) electrons. The highest BCUT2D eigenvalue weighted by Gasteiger charge is 2.13. The molecule has 1 aromatic rings. The molecule has 1 amide bonds. The topological polar surface area (TPSA) is 65.5 Å². The van der Waals surface area contributed by atoms with Crippen LogP contribution in [0.2, 0.25) is 0 Å². The summed E-state index contributed by atoms with van der Waals surface area (Å²) in [6, 6.07) is 6.43. The molecule has 0 aliphatic rings. The van der Waals surface area contributed by atoms with Crippen molar-refractivity contribution in [3.05, 3.63) is 30.1 Å². The molecule has 0 spiro atoms. The van der Waals surface area contributed by atoms with Crippen molar-refractivity contribution in [3.8, 4) is 0 Å². The maximum atomic E-state index is 12.8. The van der Waals surface area contributed by atoms with Gasteiger partial charge in [0, 0.05) is 29.3 Å². The van der Waals surface area contributed by atoms with E-state index in [4.69, 9.17) is 0 Å². The zero-order valence-corrected chi connectivity index (χ0v) is 18.3. The number of hydrogen-bond acceptors (Lipinski definition) is 3. The molecule has 3 N–H and O–H groups in total. The van der Waals surface area contributed by atoms with Crippen LogP contribution in [0.15, 0.2) is 34.2 Å². The first kappa shape index (κ1) is 24.0. The van der Waals surface area contributed by atoms with E-state index in [0.29, 0.717) is 12.5 Å². The molecular formula is C17H28FIN4OS. The van der Waals surface area contributed by atoms with Crippen molar-refractivity contribution in [2.24, 2.45) is 4.99 Å². The maximum Gasteiger partial charge on any atom is 0.242 e. The molecule has 0 aromatic heterocycles. The third-order valence-electron chi connectivity index (χ3n) is 2.72. The van der Waals surface area contributed by atoms with Crippen molar-refractivity contribution >= 4 is 47.6 Å². The van der Waals surface area contributed by atoms with Crippen LogP contribution in [0.5, 0.6) is 0 Å². The fourth-order valence-electron chi connectivity index (χ4n) is 1.82. The lowest BCUT2D eigenvalue weighted by Gasteiger charge is -2.20. The van der Waals surface area contributed by atoms with E-state index >= 15 is 0 Å². The lowest BCUT2D eigenvalue weighted by molar-refractivity contribution is -0.121. The average Bonchev–Trinajstić information content (AvgIpc) is 2.49. The van der Waals surface area contributed by atoms with Gasteiger partial charge in [-0.3, -0.25) is 4.79 Å². The Kier molecular flexibility index (Phi) is 11.8. The molecule has 0 heterocycles. The molecule has 0 bridgehead atoms. The molecule has 25 heavy (non-hydrogen) atoms. The lowest BCUT2D eigenvalue weighted by Crippen LogP contribution is -2.43. The van der Waals surface area contributed by atoms with E-state index in [0.717, 1.165) is 17.2 Å². The second kappa shape index (κ2) is 12.3. The molecule has 0 atom stereocenters. The third kappa shape index (κ3) is 12.0. The normalized spacial score (nSPS) is 11.5. The van der Waals surface area contributed by atoms with Crippen molar-refractivity contribution in [3.63, 3.8) is 0 Å². The highest BCUT2D eigenvalue weighted by molar-refractivity contribution is 14.0. The number of rotatable bonds is 7. The largest absolute Gasteiger partial charge is 0.357 e. The van der Waals surface area contributed by atoms with Gasteiger partial charge in [0.1, 0.15) is 12.4 Å². The van der Waals surface area contributed by atoms with Gasteiger partial charge in [-0.1, -0.05) is 0 Å². The van der Waals surface area contributed by atoms with Crippen LogP contribution in [0, 0.1) is 5.82 Å². The third-order valence-corrected chi connectivity index (χ3v) is 3.73. The van der Waals surface area contributed by atoms with Crippen LogP contribution in [-0.2, 0) is 4.79 Å². The van der Waals surface area contributed by atoms with E-state index in [1.165, 1.54) is 12.1 Å². The summed E-state index contributed by atoms with van der Waals surface area (Å²) in [5, 5.41) is 9.17. The van der Waals surface area contributed by atoms with Gasteiger partial charge in [-0.2, -0.15) is 0 Å². The second-order valence-electron chi connectivity index (χ2n) is 6.22. The number of amides is 1. The molecule has 0 saturated carbocycles. The summed E-state index contributed by atoms with van der Waals surface area (Å²) in [5.74, 6) is 1.08. The van der Waals surface area contributed by atoms with Gasteiger partial charge in [-0.15, -0.1) is 35.7 Å². The summed E-state index contributed by atoms with van der Waals surface area (Å²) in [5.41, 5.74) is -0.260. The second-order valence-corrected chi connectivity index (χ2v) is 7.39. The molecule has 0 fully saturated rings. The molecule has 1 aromatic carbocycles. The van der Waals surface area contributed by atoms with E-state index in [1.807, 2.05) is 27.7 Å². The lowest BCUT2D eigenvalue weighted by atomic mass is 10.1. The molecule has 5 nitrogen and oxygen atoms in total. The van der Waals surface area contributed by atoms with E-state index in [9.17, 15) is 9.18 Å². The smallest absolute Gasteiger partial charge is 0.242 e. The van der Waals surface area contributed by atoms with Crippen molar-refractivity contribution in [1.82, 2.24) is 16.0 Å². The van der Waals surface area contributed by atoms with Crippen LogP contribution in [-0.4, -0.2) is 42.8 Å². The number of guanidine groups is 1. The Bertz CT molecular complexity index is 547. The zero-order chi connectivity index (χ0) is 18.0. The monoisotopic (exact) mass is 482 g/mol. The first-order chi connectivity index (χ1) is 11.3. The Hall–Kier alpha value is -1.03. The maximum absolute atomic E-state index is 12.8. The molecular weight excluding hydrogens is 454 g/mol. The number of aliphatic imine (C=N–C) groups is 1. The van der Waals surface area contributed by atoms with Gasteiger partial charge in [-0.25, -0.2) is 9.38 Å². The molecule has 8 heteroatoms. The Morgan fingerprint density at radius 2 is 1.84 bits per heavy atom. The zero-order valence-electron chi connectivity index (χ0n) is 15.2. The average molecular weight is 482 g/mol. The highest BCUT2D eigenvalue weighted by Crippen LogP contribution is 2.17. The summed E-state index contributed by atoms with van der Waals surface area (Å²) in [7, 11) is 0. The quantitative estimate of drug-likeness (QED) is 0.184. The van der Waals surface area contributed by atoms with Gasteiger partial charge in [0.25, 0.3) is 0 Å². The van der Waals surface area contributed by atoms with Gasteiger partial charge >= 0.3 is 0 Å². The summed E-state index contributed by atoms with van der Waals surface area (Å²) in [6.07, 6.45) is 0. The molecule has 142 valence electrons. The molecule has 0 saturated heterocycles. The number of nitrogens with one attached hydrogen (secondary N) is 3. The van der Waals surface area contributed by atoms with Gasteiger partial charge in [0.05, 0.1) is 0 Å². The summed E-state index contributed by atoms with van der Waals surface area (Å²) in [4.78, 5) is 17.1. The number of benzene rings is 1. The van der Waals surface area contributed by atoms with Crippen LogP contribution in [0.4, 0.5) is 4.39 Å². The van der Waals surface area contributed by atoms with E-state index < -0.39 is 0 Å². The van der Waals surface area contributed by atoms with E-state index in [2.05, 4.69) is 20.9 Å². The van der Waals surface area contributed by atoms with Crippen molar-refractivity contribution in [2.45, 2.75) is 38.1 Å². The summed E-state index contributed by atoms with van der Waals surface area (Å²) < 4.78 is 12.8.